The van der Waals surface area contributed by atoms with Crippen molar-refractivity contribution in [2.24, 2.45) is 0 Å². The van der Waals surface area contributed by atoms with E-state index in [2.05, 4.69) is 21.8 Å². The lowest BCUT2D eigenvalue weighted by Gasteiger charge is -2.17. The van der Waals surface area contributed by atoms with Crippen molar-refractivity contribution in [1.29, 1.82) is 0 Å². The highest BCUT2D eigenvalue weighted by atomic mass is 35.5. The summed E-state index contributed by atoms with van der Waals surface area (Å²) in [5.41, 5.74) is 0.631. The molecule has 0 aliphatic carbocycles. The van der Waals surface area contributed by atoms with Crippen LogP contribution in [-0.4, -0.2) is 22.6 Å². The molecule has 2 aromatic rings. The lowest BCUT2D eigenvalue weighted by molar-refractivity contribution is 0.511. The molecule has 0 saturated carbocycles. The molecular formula is C15H19ClFN3. The van der Waals surface area contributed by atoms with Gasteiger partial charge in [0.15, 0.2) is 0 Å². The van der Waals surface area contributed by atoms with E-state index in [4.69, 9.17) is 11.6 Å². The van der Waals surface area contributed by atoms with Gasteiger partial charge in [0.1, 0.15) is 11.6 Å². The number of halogens is 2. The van der Waals surface area contributed by atoms with E-state index in [9.17, 15) is 4.39 Å². The maximum atomic E-state index is 13.9. The van der Waals surface area contributed by atoms with E-state index in [1.165, 1.54) is 0 Å². The fourth-order valence-corrected chi connectivity index (χ4v) is 2.48. The van der Waals surface area contributed by atoms with E-state index in [0.717, 1.165) is 18.8 Å². The predicted octanol–water partition coefficient (Wildman–Crippen LogP) is 3.07. The second kappa shape index (κ2) is 6.86. The van der Waals surface area contributed by atoms with Crippen LogP contribution >= 0.6 is 11.6 Å². The second-order valence-electron chi connectivity index (χ2n) is 4.74. The molecule has 0 spiro atoms. The number of nitrogens with zero attached hydrogens (tertiary/aromatic N) is 2. The minimum Gasteiger partial charge on any atom is -0.335 e. The van der Waals surface area contributed by atoms with E-state index in [1.54, 1.807) is 24.4 Å². The fraction of sp³-hybridized carbons (Fsp3) is 0.400. The Kier molecular flexibility index (Phi) is 5.15. The van der Waals surface area contributed by atoms with Crippen LogP contribution in [0.25, 0.3) is 0 Å². The summed E-state index contributed by atoms with van der Waals surface area (Å²) in [7, 11) is 1.88. The van der Waals surface area contributed by atoms with Gasteiger partial charge in [0.2, 0.25) is 0 Å². The molecule has 1 unspecified atom stereocenters. The quantitative estimate of drug-likeness (QED) is 0.887. The van der Waals surface area contributed by atoms with Gasteiger partial charge in [0.25, 0.3) is 0 Å². The lowest BCUT2D eigenvalue weighted by Crippen LogP contribution is -2.31. The Balaban J connectivity index is 2.11. The fourth-order valence-electron chi connectivity index (χ4n) is 2.29. The third-order valence-electron chi connectivity index (χ3n) is 3.48. The largest absolute Gasteiger partial charge is 0.335 e. The van der Waals surface area contributed by atoms with Gasteiger partial charge in [-0.05, 0) is 32.0 Å². The summed E-state index contributed by atoms with van der Waals surface area (Å²) in [6.07, 6.45) is 5.09. The number of imidazole rings is 1. The molecule has 0 aliphatic rings. The van der Waals surface area contributed by atoms with Crippen LogP contribution in [0.1, 0.15) is 18.3 Å². The van der Waals surface area contributed by atoms with Gasteiger partial charge in [-0.15, -0.1) is 0 Å². The summed E-state index contributed by atoms with van der Waals surface area (Å²) in [4.78, 5) is 4.36. The van der Waals surface area contributed by atoms with E-state index >= 15 is 0 Å². The topological polar surface area (TPSA) is 29.9 Å². The molecule has 0 bridgehead atoms. The third-order valence-corrected chi connectivity index (χ3v) is 3.77. The van der Waals surface area contributed by atoms with Gasteiger partial charge >= 0.3 is 0 Å². The van der Waals surface area contributed by atoms with Crippen LogP contribution < -0.4 is 5.32 Å². The van der Waals surface area contributed by atoms with Crippen LogP contribution in [-0.2, 0) is 19.4 Å². The van der Waals surface area contributed by atoms with Crippen LogP contribution in [0, 0.1) is 5.82 Å². The first-order valence-electron chi connectivity index (χ1n) is 6.75. The summed E-state index contributed by atoms with van der Waals surface area (Å²) < 4.78 is 16.0. The van der Waals surface area contributed by atoms with Crippen molar-refractivity contribution in [2.75, 3.05) is 7.05 Å². The van der Waals surface area contributed by atoms with Crippen molar-refractivity contribution in [3.8, 4) is 0 Å². The zero-order valence-electron chi connectivity index (χ0n) is 11.7. The van der Waals surface area contributed by atoms with E-state index in [1.807, 2.05) is 13.2 Å². The van der Waals surface area contributed by atoms with Crippen molar-refractivity contribution in [1.82, 2.24) is 14.9 Å². The highest BCUT2D eigenvalue weighted by molar-refractivity contribution is 6.30. The van der Waals surface area contributed by atoms with Crippen molar-refractivity contribution in [2.45, 2.75) is 32.4 Å². The molecule has 3 nitrogen and oxygen atoms in total. The van der Waals surface area contributed by atoms with E-state index < -0.39 is 0 Å². The Hall–Kier alpha value is -1.39. The van der Waals surface area contributed by atoms with Crippen molar-refractivity contribution in [3.63, 3.8) is 0 Å². The standard InChI is InChI=1S/C15H19ClFN3/c1-3-20-8-7-19-14(20)10-12(18-2)9-11-5-4-6-13(16)15(11)17/h4-8,12,18H,3,9-10H2,1-2H3. The molecule has 20 heavy (non-hydrogen) atoms. The number of benzene rings is 1. The number of nitrogens with one attached hydrogen (secondary N) is 1. The molecule has 0 fully saturated rings. The molecule has 2 rings (SSSR count). The molecule has 1 aromatic heterocycles. The predicted molar refractivity (Wildman–Crippen MR) is 79.6 cm³/mol. The SMILES string of the molecule is CCn1ccnc1CC(Cc1cccc(Cl)c1F)NC. The number of rotatable bonds is 6. The molecule has 1 atom stereocenters. The number of aryl methyl sites for hydroxylation is 1. The maximum Gasteiger partial charge on any atom is 0.145 e. The molecule has 1 aromatic carbocycles. The molecule has 1 N–H and O–H groups in total. The van der Waals surface area contributed by atoms with Gasteiger partial charge in [0, 0.05) is 31.4 Å². The van der Waals surface area contributed by atoms with Crippen LogP contribution in [0.15, 0.2) is 30.6 Å². The maximum absolute atomic E-state index is 13.9. The summed E-state index contributed by atoms with van der Waals surface area (Å²) in [5, 5.41) is 3.40. The molecule has 5 heteroatoms. The molecule has 0 aliphatic heterocycles. The van der Waals surface area contributed by atoms with E-state index in [-0.39, 0.29) is 16.9 Å². The first-order valence-corrected chi connectivity index (χ1v) is 7.13. The van der Waals surface area contributed by atoms with Crippen LogP contribution in [0.4, 0.5) is 4.39 Å². The van der Waals surface area contributed by atoms with E-state index in [0.29, 0.717) is 12.0 Å². The lowest BCUT2D eigenvalue weighted by atomic mass is 10.0. The average molecular weight is 296 g/mol. The van der Waals surface area contributed by atoms with Crippen LogP contribution in [0.3, 0.4) is 0 Å². The molecule has 0 amide bonds. The number of hydrogen-bond acceptors (Lipinski definition) is 2. The third kappa shape index (κ3) is 3.38. The first kappa shape index (κ1) is 15.0. The van der Waals surface area contributed by atoms with Crippen molar-refractivity contribution in [3.05, 3.63) is 52.8 Å². The molecule has 1 heterocycles. The number of likely N-dealkylation sites (N-methyl/N-ethyl adjacent to an activating group) is 1. The minimum atomic E-state index is -0.326. The molecular weight excluding hydrogens is 277 g/mol. The summed E-state index contributed by atoms with van der Waals surface area (Å²) in [6, 6.07) is 5.24. The number of aromatic nitrogens is 2. The Morgan fingerprint density at radius 1 is 1.40 bits per heavy atom. The van der Waals surface area contributed by atoms with Gasteiger partial charge in [0.05, 0.1) is 5.02 Å². The molecule has 0 saturated heterocycles. The van der Waals surface area contributed by atoms with Crippen molar-refractivity contribution >= 4 is 11.6 Å². The Bertz CT molecular complexity index is 568. The monoisotopic (exact) mass is 295 g/mol. The Morgan fingerprint density at radius 3 is 2.90 bits per heavy atom. The zero-order valence-corrected chi connectivity index (χ0v) is 12.5. The summed E-state index contributed by atoms with van der Waals surface area (Å²) in [5.74, 6) is 0.683. The van der Waals surface area contributed by atoms with Crippen LogP contribution in [0.5, 0.6) is 0 Å². The van der Waals surface area contributed by atoms with Crippen LogP contribution in [0.2, 0.25) is 5.02 Å². The van der Waals surface area contributed by atoms with Gasteiger partial charge in [-0.2, -0.15) is 0 Å². The van der Waals surface area contributed by atoms with Gasteiger partial charge < -0.3 is 9.88 Å². The van der Waals surface area contributed by atoms with Gasteiger partial charge in [-0.3, -0.25) is 0 Å². The number of hydrogen-bond donors (Lipinski definition) is 1. The second-order valence-corrected chi connectivity index (χ2v) is 5.14. The average Bonchev–Trinajstić information content (AvgIpc) is 2.90. The Labute approximate surface area is 123 Å². The smallest absolute Gasteiger partial charge is 0.145 e. The van der Waals surface area contributed by atoms with Gasteiger partial charge in [-0.1, -0.05) is 23.7 Å². The molecule has 0 radical (unpaired) electrons. The highest BCUT2D eigenvalue weighted by Gasteiger charge is 2.15. The zero-order chi connectivity index (χ0) is 14.5. The highest BCUT2D eigenvalue weighted by Crippen LogP contribution is 2.19. The summed E-state index contributed by atoms with van der Waals surface area (Å²) in [6.45, 7) is 2.97. The summed E-state index contributed by atoms with van der Waals surface area (Å²) >= 11 is 5.82. The molecule has 108 valence electrons. The van der Waals surface area contributed by atoms with Crippen molar-refractivity contribution < 1.29 is 4.39 Å². The minimum absolute atomic E-state index is 0.121. The van der Waals surface area contributed by atoms with Gasteiger partial charge in [-0.25, -0.2) is 9.37 Å². The Morgan fingerprint density at radius 2 is 2.20 bits per heavy atom. The normalized spacial score (nSPS) is 12.6. The first-order chi connectivity index (χ1) is 9.65.